The maximum Gasteiger partial charge on any atom is 0.259 e. The van der Waals surface area contributed by atoms with Gasteiger partial charge in [-0.3, -0.25) is 4.79 Å². The third-order valence-electron chi connectivity index (χ3n) is 4.22. The molecule has 1 N–H and O–H groups in total. The molecule has 0 spiro atoms. The van der Waals surface area contributed by atoms with Gasteiger partial charge in [-0.1, -0.05) is 46.9 Å². The van der Waals surface area contributed by atoms with Gasteiger partial charge >= 0.3 is 0 Å². The molecule has 1 heterocycles. The summed E-state index contributed by atoms with van der Waals surface area (Å²) in [5, 5.41) is 4.74. The molecule has 0 bridgehead atoms. The molecule has 4 nitrogen and oxygen atoms in total. The topological polar surface area (TPSA) is 51.2 Å². The summed E-state index contributed by atoms with van der Waals surface area (Å²) in [4.78, 5) is 17.6. The summed E-state index contributed by atoms with van der Waals surface area (Å²) >= 11 is 20.2. The number of thiazole rings is 1. The maximum absolute atomic E-state index is 13.0. The van der Waals surface area contributed by atoms with Gasteiger partial charge in [0.05, 0.1) is 33.6 Å². The zero-order chi connectivity index (χ0) is 20.5. The Kier molecular flexibility index (Phi) is 5.65. The van der Waals surface area contributed by atoms with Crippen molar-refractivity contribution in [3.8, 4) is 16.3 Å². The van der Waals surface area contributed by atoms with Gasteiger partial charge in [0.2, 0.25) is 0 Å². The number of fused-ring (bicyclic) bond motifs is 1. The van der Waals surface area contributed by atoms with Gasteiger partial charge in [0.1, 0.15) is 10.8 Å². The number of methoxy groups -OCH3 is 1. The van der Waals surface area contributed by atoms with Gasteiger partial charge in [0.15, 0.2) is 0 Å². The summed E-state index contributed by atoms with van der Waals surface area (Å²) in [6.45, 7) is 0. The molecule has 0 atom stereocenters. The van der Waals surface area contributed by atoms with Gasteiger partial charge in [-0.05, 0) is 42.5 Å². The predicted octanol–water partition coefficient (Wildman–Crippen LogP) is 7.18. The number of amides is 1. The maximum atomic E-state index is 13.0. The highest BCUT2D eigenvalue weighted by atomic mass is 35.5. The van der Waals surface area contributed by atoms with Crippen molar-refractivity contribution >= 4 is 68.0 Å². The van der Waals surface area contributed by atoms with E-state index in [1.54, 1.807) is 24.3 Å². The highest BCUT2D eigenvalue weighted by Crippen LogP contribution is 2.40. The van der Waals surface area contributed by atoms with Crippen LogP contribution in [0, 0.1) is 0 Å². The number of nitrogens with one attached hydrogen (secondary N) is 1. The third kappa shape index (κ3) is 4.05. The van der Waals surface area contributed by atoms with Gasteiger partial charge < -0.3 is 10.1 Å². The first-order valence-corrected chi connectivity index (χ1v) is 10.4. The fourth-order valence-corrected chi connectivity index (χ4v) is 4.60. The lowest BCUT2D eigenvalue weighted by atomic mass is 10.1. The number of anilines is 1. The first-order chi connectivity index (χ1) is 14.0. The second-order valence-corrected chi connectivity index (χ2v) is 8.41. The molecule has 0 aliphatic rings. The Morgan fingerprint density at radius 2 is 1.83 bits per heavy atom. The number of aromatic nitrogens is 1. The van der Waals surface area contributed by atoms with Crippen LogP contribution in [0.4, 0.5) is 5.69 Å². The molecule has 8 heteroatoms. The van der Waals surface area contributed by atoms with Crippen LogP contribution in [-0.2, 0) is 0 Å². The van der Waals surface area contributed by atoms with Crippen LogP contribution in [0.1, 0.15) is 10.4 Å². The van der Waals surface area contributed by atoms with Crippen LogP contribution < -0.4 is 10.1 Å². The zero-order valence-corrected chi connectivity index (χ0v) is 18.1. The van der Waals surface area contributed by atoms with Crippen molar-refractivity contribution in [2.45, 2.75) is 0 Å². The number of nitrogens with zero attached hydrogens (tertiary/aromatic N) is 1. The van der Waals surface area contributed by atoms with Crippen molar-refractivity contribution in [2.24, 2.45) is 0 Å². The molecule has 29 heavy (non-hydrogen) atoms. The molecule has 0 saturated heterocycles. The monoisotopic (exact) mass is 462 g/mol. The van der Waals surface area contributed by atoms with Crippen LogP contribution in [0.5, 0.6) is 5.75 Å². The second-order valence-electron chi connectivity index (χ2n) is 6.10. The quantitative estimate of drug-likeness (QED) is 0.348. The minimum Gasteiger partial charge on any atom is -0.496 e. The number of para-hydroxylation sites is 1. The number of ether oxygens (including phenoxy) is 1. The van der Waals surface area contributed by atoms with Gasteiger partial charge in [0.25, 0.3) is 5.91 Å². The number of benzene rings is 3. The largest absolute Gasteiger partial charge is 0.496 e. The molecule has 3 aromatic carbocycles. The smallest absolute Gasteiger partial charge is 0.259 e. The molecule has 0 aliphatic carbocycles. The van der Waals surface area contributed by atoms with Gasteiger partial charge in [-0.15, -0.1) is 11.3 Å². The van der Waals surface area contributed by atoms with Crippen molar-refractivity contribution in [3.05, 3.63) is 75.2 Å². The average Bonchev–Trinajstić information content (AvgIpc) is 3.13. The SMILES string of the molecule is COc1ccc(Cl)cc1C(=O)Nc1c(Cl)cc(Cl)cc1-c1nc2ccccc2s1. The summed E-state index contributed by atoms with van der Waals surface area (Å²) in [5.74, 6) is -0.00513. The van der Waals surface area contributed by atoms with E-state index in [9.17, 15) is 4.79 Å². The molecule has 1 aromatic heterocycles. The molecule has 146 valence electrons. The van der Waals surface area contributed by atoms with E-state index >= 15 is 0 Å². The van der Waals surface area contributed by atoms with Crippen LogP contribution in [0.15, 0.2) is 54.6 Å². The number of rotatable bonds is 4. The Morgan fingerprint density at radius 1 is 1.03 bits per heavy atom. The van der Waals surface area contributed by atoms with Crippen LogP contribution in [0.3, 0.4) is 0 Å². The van der Waals surface area contributed by atoms with E-state index in [2.05, 4.69) is 10.3 Å². The standard InChI is InChI=1S/C21H13Cl3N2O2S/c1-28-17-7-6-11(22)8-13(17)20(27)26-19-14(9-12(23)10-15(19)24)21-25-16-4-2-3-5-18(16)29-21/h2-10H,1H3,(H,26,27). The molecular weight excluding hydrogens is 451 g/mol. The van der Waals surface area contributed by atoms with Gasteiger partial charge in [-0.2, -0.15) is 0 Å². The molecule has 0 unspecified atom stereocenters. The van der Waals surface area contributed by atoms with E-state index in [1.165, 1.54) is 24.5 Å². The lowest BCUT2D eigenvalue weighted by Crippen LogP contribution is -2.14. The van der Waals surface area contributed by atoms with Crippen molar-refractivity contribution in [1.29, 1.82) is 0 Å². The third-order valence-corrected chi connectivity index (χ3v) is 6.05. The Balaban J connectivity index is 1.80. The predicted molar refractivity (Wildman–Crippen MR) is 121 cm³/mol. The molecule has 0 fully saturated rings. The first-order valence-electron chi connectivity index (χ1n) is 8.46. The number of carbonyl (C=O) groups excluding carboxylic acids is 1. The summed E-state index contributed by atoms with van der Waals surface area (Å²) in [5.41, 5.74) is 2.21. The average molecular weight is 464 g/mol. The first kappa shape index (κ1) is 20.0. The Morgan fingerprint density at radius 3 is 2.59 bits per heavy atom. The molecule has 0 aliphatic heterocycles. The van der Waals surface area contributed by atoms with E-state index in [-0.39, 0.29) is 0 Å². The number of halogens is 3. The second kappa shape index (κ2) is 8.20. The Labute approximate surface area is 186 Å². The summed E-state index contributed by atoms with van der Waals surface area (Å²) < 4.78 is 6.30. The molecule has 4 aromatic rings. The van der Waals surface area contributed by atoms with E-state index < -0.39 is 5.91 Å². The summed E-state index contributed by atoms with van der Waals surface area (Å²) in [6, 6.07) is 15.9. The minimum absolute atomic E-state index is 0.293. The highest BCUT2D eigenvalue weighted by molar-refractivity contribution is 7.21. The van der Waals surface area contributed by atoms with Gasteiger partial charge in [-0.25, -0.2) is 4.98 Å². The van der Waals surface area contributed by atoms with Crippen LogP contribution in [0.2, 0.25) is 15.1 Å². The number of hydrogen-bond donors (Lipinski definition) is 1. The van der Waals surface area contributed by atoms with Crippen molar-refractivity contribution in [1.82, 2.24) is 4.98 Å². The summed E-state index contributed by atoms with van der Waals surface area (Å²) in [6.07, 6.45) is 0. The molecule has 0 radical (unpaired) electrons. The minimum atomic E-state index is -0.407. The lowest BCUT2D eigenvalue weighted by Gasteiger charge is -2.14. The van der Waals surface area contributed by atoms with Crippen molar-refractivity contribution in [3.63, 3.8) is 0 Å². The fourth-order valence-electron chi connectivity index (χ4n) is 2.90. The van der Waals surface area contributed by atoms with Gasteiger partial charge in [0, 0.05) is 15.6 Å². The van der Waals surface area contributed by atoms with E-state index in [0.717, 1.165) is 10.2 Å². The Bertz CT molecular complexity index is 1210. The van der Waals surface area contributed by atoms with Crippen LogP contribution >= 0.6 is 46.1 Å². The van der Waals surface area contributed by atoms with Crippen molar-refractivity contribution in [2.75, 3.05) is 12.4 Å². The Hall–Kier alpha value is -2.31. The van der Waals surface area contributed by atoms with E-state index in [1.807, 2.05) is 24.3 Å². The van der Waals surface area contributed by atoms with E-state index in [0.29, 0.717) is 42.6 Å². The lowest BCUT2D eigenvalue weighted by molar-refractivity contribution is 0.102. The summed E-state index contributed by atoms with van der Waals surface area (Å²) in [7, 11) is 1.49. The zero-order valence-electron chi connectivity index (χ0n) is 15.0. The normalized spacial score (nSPS) is 10.9. The fraction of sp³-hybridized carbons (Fsp3) is 0.0476. The number of carbonyl (C=O) groups is 1. The van der Waals surface area contributed by atoms with Crippen LogP contribution in [-0.4, -0.2) is 18.0 Å². The molecular formula is C21H13Cl3N2O2S. The molecule has 1 amide bonds. The van der Waals surface area contributed by atoms with Crippen LogP contribution in [0.25, 0.3) is 20.8 Å². The molecule has 4 rings (SSSR count). The van der Waals surface area contributed by atoms with E-state index in [4.69, 9.17) is 39.5 Å². The van der Waals surface area contributed by atoms with Crippen molar-refractivity contribution < 1.29 is 9.53 Å². The molecule has 0 saturated carbocycles. The number of hydrogen-bond acceptors (Lipinski definition) is 4. The highest BCUT2D eigenvalue weighted by Gasteiger charge is 2.20.